The minimum Gasteiger partial charge on any atom is -0.284 e. The van der Waals surface area contributed by atoms with Gasteiger partial charge in [0.15, 0.2) is 6.79 Å². The van der Waals surface area contributed by atoms with E-state index in [1.54, 1.807) is 12.1 Å². The molecule has 56 valence electrons. The summed E-state index contributed by atoms with van der Waals surface area (Å²) in [7, 11) is 0. The molecule has 1 rings (SSSR count). The highest BCUT2D eigenvalue weighted by molar-refractivity contribution is 5.86. The Morgan fingerprint density at radius 1 is 1.36 bits per heavy atom. The number of hydrogen-bond donors (Lipinski definition) is 0. The Balaban J connectivity index is 2.98. The van der Waals surface area contributed by atoms with Gasteiger partial charge in [0.1, 0.15) is 5.56 Å². The largest absolute Gasteiger partial charge is 0.612 e. The van der Waals surface area contributed by atoms with Gasteiger partial charge in [0.2, 0.25) is 0 Å². The number of rotatable bonds is 1. The van der Waals surface area contributed by atoms with Gasteiger partial charge in [-0.25, -0.2) is 0 Å². The Bertz CT molecular complexity index is 272. The molecule has 0 bridgehead atoms. The van der Waals surface area contributed by atoms with Gasteiger partial charge in [0.25, 0.3) is 0 Å². The summed E-state index contributed by atoms with van der Waals surface area (Å²) >= 11 is 0. The van der Waals surface area contributed by atoms with Gasteiger partial charge in [0.05, 0.1) is 4.79 Å². The van der Waals surface area contributed by atoms with E-state index in [0.29, 0.717) is 5.56 Å². The van der Waals surface area contributed by atoms with Crippen LogP contribution in [0.5, 0.6) is 0 Å². The zero-order valence-electron chi connectivity index (χ0n) is 6.33. The van der Waals surface area contributed by atoms with Crippen molar-refractivity contribution in [2.45, 2.75) is 6.92 Å². The topological polar surface area (TPSA) is 28.4 Å². The minimum atomic E-state index is -0.398. The molecule has 0 unspecified atom stereocenters. The summed E-state index contributed by atoms with van der Waals surface area (Å²) < 4.78 is 4.29. The van der Waals surface area contributed by atoms with Gasteiger partial charge in [-0.05, 0) is 19.1 Å². The third-order valence-electron chi connectivity index (χ3n) is 1.42. The molecule has 1 aromatic rings. The van der Waals surface area contributed by atoms with Crippen LogP contribution in [0.15, 0.2) is 24.3 Å². The lowest BCUT2D eigenvalue weighted by atomic mass is 10.2. The molecule has 0 N–H and O–H groups in total. The molecule has 0 aromatic heterocycles. The second-order valence-corrected chi connectivity index (χ2v) is 2.30. The Morgan fingerprint density at radius 3 is 2.36 bits per heavy atom. The van der Waals surface area contributed by atoms with Gasteiger partial charge in [-0.3, -0.25) is 4.42 Å². The van der Waals surface area contributed by atoms with E-state index in [1.165, 1.54) is 0 Å². The highest BCUT2D eigenvalue weighted by Gasteiger charge is 2.14. The van der Waals surface area contributed by atoms with Crippen molar-refractivity contribution >= 4 is 12.8 Å². The van der Waals surface area contributed by atoms with Crippen LogP contribution in [0.1, 0.15) is 15.9 Å². The van der Waals surface area contributed by atoms with Crippen LogP contribution < -0.4 is 0 Å². The molecular weight excluding hydrogens is 140 g/mol. The standard InChI is InChI=1S/C9H9O2/c1-7-3-5-8(6-4-7)9(10)11-2/h3-6H,2H2,1H3/q+1. The fourth-order valence-electron chi connectivity index (χ4n) is 0.773. The van der Waals surface area contributed by atoms with Crippen LogP contribution >= 0.6 is 0 Å². The minimum absolute atomic E-state index is 0.398. The molecule has 0 aliphatic heterocycles. The van der Waals surface area contributed by atoms with Crippen LogP contribution in [0.2, 0.25) is 0 Å². The van der Waals surface area contributed by atoms with Crippen molar-refractivity contribution in [1.29, 1.82) is 0 Å². The monoisotopic (exact) mass is 149 g/mol. The lowest BCUT2D eigenvalue weighted by Gasteiger charge is -1.88. The van der Waals surface area contributed by atoms with E-state index in [1.807, 2.05) is 19.1 Å². The molecule has 11 heavy (non-hydrogen) atoms. The molecule has 1 aromatic carbocycles. The van der Waals surface area contributed by atoms with Crippen molar-refractivity contribution in [2.75, 3.05) is 0 Å². The van der Waals surface area contributed by atoms with Gasteiger partial charge in [-0.15, -0.1) is 0 Å². The molecule has 2 heteroatoms. The van der Waals surface area contributed by atoms with Crippen LogP contribution in [-0.4, -0.2) is 12.8 Å². The van der Waals surface area contributed by atoms with Gasteiger partial charge in [0, 0.05) is 0 Å². The van der Waals surface area contributed by atoms with E-state index in [-0.39, 0.29) is 0 Å². The van der Waals surface area contributed by atoms with Crippen molar-refractivity contribution in [3.8, 4) is 0 Å². The highest BCUT2D eigenvalue weighted by atomic mass is 16.4. The second-order valence-electron chi connectivity index (χ2n) is 2.30. The summed E-state index contributed by atoms with van der Waals surface area (Å²) in [5.74, 6) is -0.398. The first kappa shape index (κ1) is 7.66. The number of hydrogen-bond acceptors (Lipinski definition) is 1. The first-order chi connectivity index (χ1) is 5.24. The van der Waals surface area contributed by atoms with Gasteiger partial charge in [-0.1, -0.05) is 17.7 Å². The van der Waals surface area contributed by atoms with Crippen molar-refractivity contribution < 1.29 is 9.22 Å². The molecule has 0 atom stereocenters. The third-order valence-corrected chi connectivity index (χ3v) is 1.42. The van der Waals surface area contributed by atoms with Crippen LogP contribution in [0, 0.1) is 6.92 Å². The quantitative estimate of drug-likeness (QED) is 0.556. The van der Waals surface area contributed by atoms with Crippen molar-refractivity contribution in [3.05, 3.63) is 35.4 Å². The third kappa shape index (κ3) is 1.74. The summed E-state index contributed by atoms with van der Waals surface area (Å²) in [6.07, 6.45) is 0. The Kier molecular flexibility index (Phi) is 2.16. The van der Waals surface area contributed by atoms with Gasteiger partial charge in [-0.2, -0.15) is 0 Å². The summed E-state index contributed by atoms with van der Waals surface area (Å²) in [6, 6.07) is 7.13. The average Bonchev–Trinajstić information content (AvgIpc) is 2.05. The lowest BCUT2D eigenvalue weighted by molar-refractivity contribution is -0.334. The summed E-state index contributed by atoms with van der Waals surface area (Å²) in [5.41, 5.74) is 1.65. The molecule has 0 aliphatic carbocycles. The maximum absolute atomic E-state index is 10.8. The number of carbonyl (C=O) groups is 1. The van der Waals surface area contributed by atoms with E-state index in [9.17, 15) is 4.79 Å². The fraction of sp³-hybridized carbons (Fsp3) is 0.111. The van der Waals surface area contributed by atoms with Crippen LogP contribution in [0.25, 0.3) is 0 Å². The molecule has 0 saturated carbocycles. The molecule has 0 heterocycles. The van der Waals surface area contributed by atoms with Crippen LogP contribution in [0.4, 0.5) is 0 Å². The first-order valence-electron chi connectivity index (χ1n) is 3.27. The SMILES string of the molecule is C=[O+]C(=O)c1ccc(C)cc1. The first-order valence-corrected chi connectivity index (χ1v) is 3.27. The molecule has 0 aliphatic rings. The smallest absolute Gasteiger partial charge is 0.284 e. The van der Waals surface area contributed by atoms with Crippen molar-refractivity contribution in [3.63, 3.8) is 0 Å². The van der Waals surface area contributed by atoms with Crippen molar-refractivity contribution in [2.24, 2.45) is 0 Å². The molecule has 0 spiro atoms. The molecule has 0 fully saturated rings. The Labute approximate surface area is 65.2 Å². The molecule has 0 saturated heterocycles. The van der Waals surface area contributed by atoms with Crippen LogP contribution in [-0.2, 0) is 4.42 Å². The molecular formula is C9H9O2+. The second kappa shape index (κ2) is 3.10. The van der Waals surface area contributed by atoms with E-state index in [4.69, 9.17) is 0 Å². The zero-order chi connectivity index (χ0) is 8.27. The van der Waals surface area contributed by atoms with E-state index < -0.39 is 5.97 Å². The van der Waals surface area contributed by atoms with Gasteiger partial charge >= 0.3 is 5.97 Å². The van der Waals surface area contributed by atoms with E-state index >= 15 is 0 Å². The predicted octanol–water partition coefficient (Wildman–Crippen LogP) is 1.50. The summed E-state index contributed by atoms with van der Waals surface area (Å²) in [4.78, 5) is 10.8. The summed E-state index contributed by atoms with van der Waals surface area (Å²) in [6.45, 7) is 4.99. The number of aryl methyl sites for hydroxylation is 1. The van der Waals surface area contributed by atoms with E-state index in [2.05, 4.69) is 11.2 Å². The maximum Gasteiger partial charge on any atom is 0.612 e. The summed E-state index contributed by atoms with van der Waals surface area (Å²) in [5, 5.41) is 0. The normalized spacial score (nSPS) is 9.18. The number of benzene rings is 1. The lowest BCUT2D eigenvalue weighted by Crippen LogP contribution is -1.96. The zero-order valence-corrected chi connectivity index (χ0v) is 6.33. The molecule has 0 amide bonds. The maximum atomic E-state index is 10.8. The Hall–Kier alpha value is -1.44. The van der Waals surface area contributed by atoms with Gasteiger partial charge < -0.3 is 0 Å². The van der Waals surface area contributed by atoms with E-state index in [0.717, 1.165) is 5.56 Å². The molecule has 2 nitrogen and oxygen atoms in total. The van der Waals surface area contributed by atoms with Crippen molar-refractivity contribution in [1.82, 2.24) is 0 Å². The Morgan fingerprint density at radius 2 is 1.91 bits per heavy atom. The average molecular weight is 149 g/mol. The highest BCUT2D eigenvalue weighted by Crippen LogP contribution is 2.02. The molecule has 0 radical (unpaired) electrons. The fourth-order valence-corrected chi connectivity index (χ4v) is 0.773. The van der Waals surface area contributed by atoms with Crippen LogP contribution in [0.3, 0.4) is 0 Å². The predicted molar refractivity (Wildman–Crippen MR) is 42.6 cm³/mol. The number of carbonyl (C=O) groups excluding carboxylic acids is 2.